The van der Waals surface area contributed by atoms with Crippen LogP contribution >= 0.6 is 0 Å². The number of ether oxygens (including phenoxy) is 1. The summed E-state index contributed by atoms with van der Waals surface area (Å²) in [6.45, 7) is 3.96. The van der Waals surface area contributed by atoms with Gasteiger partial charge in [-0.2, -0.15) is 0 Å². The van der Waals surface area contributed by atoms with E-state index in [-0.39, 0.29) is 29.2 Å². The van der Waals surface area contributed by atoms with Gasteiger partial charge in [-0.15, -0.1) is 0 Å². The molecule has 7 atom stereocenters. The highest BCUT2D eigenvalue weighted by atomic mass is 16.5. The number of Topliss-reactive ketones (excluding diaryl/α,β-unsaturated/α-hetero) is 1. The molecule has 4 aliphatic carbocycles. The van der Waals surface area contributed by atoms with E-state index in [1.807, 2.05) is 6.08 Å². The maximum absolute atomic E-state index is 12.9. The van der Waals surface area contributed by atoms with Crippen molar-refractivity contribution >= 4 is 17.5 Å². The maximum atomic E-state index is 12.9. The van der Waals surface area contributed by atoms with Crippen molar-refractivity contribution < 1.29 is 24.2 Å². The third kappa shape index (κ3) is 5.20. The number of aliphatic hydroxyl groups is 1. The van der Waals surface area contributed by atoms with Gasteiger partial charge in [0.2, 0.25) is 0 Å². The fraction of sp³-hybridized carbons (Fsp3) is 0.828. The summed E-state index contributed by atoms with van der Waals surface area (Å²) < 4.78 is 5.74. The van der Waals surface area contributed by atoms with Crippen LogP contribution in [0, 0.1) is 35.0 Å². The highest BCUT2D eigenvalue weighted by Gasteiger charge is 2.59. The summed E-state index contributed by atoms with van der Waals surface area (Å²) in [4.78, 5) is 37.3. The normalized spacial score (nSPS) is 37.0. The van der Waals surface area contributed by atoms with Crippen molar-refractivity contribution in [3.8, 4) is 0 Å². The topological polar surface area (TPSA) is 80.7 Å². The second kappa shape index (κ2) is 11.1. The maximum Gasteiger partial charge on any atom is 0.302 e. The molecule has 0 aromatic heterocycles. The highest BCUT2D eigenvalue weighted by Crippen LogP contribution is 2.63. The molecule has 0 amide bonds. The molecule has 1 unspecified atom stereocenters. The first kappa shape index (κ1) is 25.6. The second-order valence-electron chi connectivity index (χ2n) is 11.8. The molecule has 1 N–H and O–H groups in total. The zero-order valence-electron chi connectivity index (χ0n) is 21.2. The van der Waals surface area contributed by atoms with E-state index in [2.05, 4.69) is 6.92 Å². The van der Waals surface area contributed by atoms with Crippen molar-refractivity contribution in [2.24, 2.45) is 35.0 Å². The number of unbranched alkanes of at least 4 members (excludes halogenated alkanes) is 6. The van der Waals surface area contributed by atoms with E-state index < -0.39 is 0 Å². The Bertz CT molecular complexity index is 800. The largest absolute Gasteiger partial charge is 0.461 e. The molecule has 0 spiro atoms. The molecule has 190 valence electrons. The summed E-state index contributed by atoms with van der Waals surface area (Å²) in [6, 6.07) is 0. The van der Waals surface area contributed by atoms with Crippen molar-refractivity contribution in [3.05, 3.63) is 11.6 Å². The van der Waals surface area contributed by atoms with E-state index in [1.165, 1.54) is 44.6 Å². The van der Waals surface area contributed by atoms with Crippen LogP contribution in [-0.4, -0.2) is 35.4 Å². The monoisotopic (exact) mass is 472 g/mol. The minimum Gasteiger partial charge on any atom is -0.461 e. The Balaban J connectivity index is 1.49. The average Bonchev–Trinajstić information content (AvgIpc) is 3.09. The van der Waals surface area contributed by atoms with Crippen LogP contribution in [0.1, 0.15) is 104 Å². The standard InChI is InChI=1S/C29H44O5/c1-19(31)34-25-18-22(32)17-21-16-20(10-8-6-4-3-5-7-9-15-30)27-23(28(21)25)13-14-29(2)24(27)11-12-26(29)33/h17,20,23-25,27-28,30H,3-16,18H2,1-2H3/t20-,23+,24+,25?,27-,28+,29+/m1/s1. The van der Waals surface area contributed by atoms with Crippen LogP contribution in [0.15, 0.2) is 11.6 Å². The predicted molar refractivity (Wildman–Crippen MR) is 131 cm³/mol. The fourth-order valence-electron chi connectivity index (χ4n) is 8.23. The summed E-state index contributed by atoms with van der Waals surface area (Å²) in [5.74, 6) is 2.24. The van der Waals surface area contributed by atoms with Gasteiger partial charge in [0, 0.05) is 37.7 Å². The molecule has 3 fully saturated rings. The zero-order chi connectivity index (χ0) is 24.3. The lowest BCUT2D eigenvalue weighted by Gasteiger charge is -2.56. The first-order chi connectivity index (χ1) is 16.3. The van der Waals surface area contributed by atoms with E-state index in [4.69, 9.17) is 9.84 Å². The number of fused-ring (bicyclic) bond motifs is 5. The summed E-state index contributed by atoms with van der Waals surface area (Å²) >= 11 is 0. The molecule has 5 heteroatoms. The predicted octanol–water partition coefficient (Wildman–Crippen LogP) is 5.58. The molecule has 0 heterocycles. The van der Waals surface area contributed by atoms with Gasteiger partial charge < -0.3 is 9.84 Å². The van der Waals surface area contributed by atoms with E-state index in [9.17, 15) is 14.4 Å². The Hall–Kier alpha value is -1.49. The lowest BCUT2D eigenvalue weighted by atomic mass is 9.48. The van der Waals surface area contributed by atoms with Crippen LogP contribution in [0.4, 0.5) is 0 Å². The molecule has 0 radical (unpaired) electrons. The summed E-state index contributed by atoms with van der Waals surface area (Å²) in [5.41, 5.74) is 1.03. The Kier molecular flexibility index (Phi) is 8.32. The summed E-state index contributed by atoms with van der Waals surface area (Å²) in [7, 11) is 0. The van der Waals surface area contributed by atoms with Crippen molar-refractivity contribution in [1.29, 1.82) is 0 Å². The first-order valence-corrected chi connectivity index (χ1v) is 13.9. The third-order valence-electron chi connectivity index (χ3n) is 9.73. The molecular formula is C29H44O5. The SMILES string of the molecule is CC(=O)OC1CC(=O)C=C2C[C@@H](CCCCCCCCCO)[C@@H]3[C@H](CC[C@]4(C)C(=O)CC[C@@H]34)[C@H]21. The van der Waals surface area contributed by atoms with Crippen LogP contribution in [0.5, 0.6) is 0 Å². The van der Waals surface area contributed by atoms with Crippen LogP contribution in [-0.2, 0) is 19.1 Å². The van der Waals surface area contributed by atoms with Crippen LogP contribution in [0.3, 0.4) is 0 Å². The van der Waals surface area contributed by atoms with Gasteiger partial charge in [-0.05, 0) is 68.3 Å². The minimum atomic E-state index is -0.334. The highest BCUT2D eigenvalue weighted by molar-refractivity contribution is 5.92. The quantitative estimate of drug-likeness (QED) is 0.332. The van der Waals surface area contributed by atoms with Gasteiger partial charge in [0.05, 0.1) is 0 Å². The molecule has 34 heavy (non-hydrogen) atoms. The van der Waals surface area contributed by atoms with Gasteiger partial charge in [-0.1, -0.05) is 51.0 Å². The number of ketones is 2. The molecule has 0 aromatic carbocycles. The van der Waals surface area contributed by atoms with Gasteiger partial charge >= 0.3 is 5.97 Å². The van der Waals surface area contributed by atoms with Gasteiger partial charge in [-0.25, -0.2) is 0 Å². The molecule has 0 aliphatic heterocycles. The van der Waals surface area contributed by atoms with Crippen LogP contribution in [0.2, 0.25) is 0 Å². The molecule has 4 aliphatic rings. The Morgan fingerprint density at radius 1 is 1.06 bits per heavy atom. The Morgan fingerprint density at radius 2 is 1.76 bits per heavy atom. The van der Waals surface area contributed by atoms with E-state index in [0.29, 0.717) is 48.9 Å². The van der Waals surface area contributed by atoms with Crippen LogP contribution < -0.4 is 0 Å². The molecule has 0 aromatic rings. The molecule has 0 bridgehead atoms. The zero-order valence-corrected chi connectivity index (χ0v) is 21.2. The van der Waals surface area contributed by atoms with E-state index in [0.717, 1.165) is 44.9 Å². The number of rotatable bonds is 10. The third-order valence-corrected chi connectivity index (χ3v) is 9.73. The number of esters is 1. The summed E-state index contributed by atoms with van der Waals surface area (Å²) in [5, 5.41) is 8.93. The first-order valence-electron chi connectivity index (χ1n) is 13.9. The van der Waals surface area contributed by atoms with Gasteiger partial charge in [0.25, 0.3) is 0 Å². The van der Waals surface area contributed by atoms with Crippen LogP contribution in [0.25, 0.3) is 0 Å². The van der Waals surface area contributed by atoms with Crippen molar-refractivity contribution in [2.75, 3.05) is 6.61 Å². The second-order valence-corrected chi connectivity index (χ2v) is 11.8. The number of hydrogen-bond donors (Lipinski definition) is 1. The molecule has 0 saturated heterocycles. The average molecular weight is 473 g/mol. The Labute approximate surface area is 205 Å². The number of carbonyl (C=O) groups excluding carboxylic acids is 3. The molecule has 4 rings (SSSR count). The fourth-order valence-corrected chi connectivity index (χ4v) is 8.23. The Morgan fingerprint density at radius 3 is 2.47 bits per heavy atom. The van der Waals surface area contributed by atoms with Gasteiger partial charge in [0.1, 0.15) is 11.9 Å². The minimum absolute atomic E-state index is 0.0919. The van der Waals surface area contributed by atoms with E-state index >= 15 is 0 Å². The van der Waals surface area contributed by atoms with Gasteiger partial charge in [0.15, 0.2) is 5.78 Å². The van der Waals surface area contributed by atoms with Crippen molar-refractivity contribution in [3.63, 3.8) is 0 Å². The van der Waals surface area contributed by atoms with Crippen molar-refractivity contribution in [2.45, 2.75) is 110 Å². The molecular weight excluding hydrogens is 428 g/mol. The smallest absolute Gasteiger partial charge is 0.302 e. The van der Waals surface area contributed by atoms with Crippen molar-refractivity contribution in [1.82, 2.24) is 0 Å². The number of aliphatic hydroxyl groups excluding tert-OH is 1. The van der Waals surface area contributed by atoms with Gasteiger partial charge in [-0.3, -0.25) is 14.4 Å². The lowest BCUT2D eigenvalue weighted by Crippen LogP contribution is -2.53. The molecule has 5 nitrogen and oxygen atoms in total. The van der Waals surface area contributed by atoms with E-state index in [1.54, 1.807) is 0 Å². The number of carbonyl (C=O) groups is 3. The molecule has 3 saturated carbocycles. The number of hydrogen-bond acceptors (Lipinski definition) is 5. The lowest BCUT2D eigenvalue weighted by molar-refractivity contribution is -0.155. The summed E-state index contributed by atoms with van der Waals surface area (Å²) in [6.07, 6.45) is 15.7.